The quantitative estimate of drug-likeness (QED) is 0.723. The van der Waals surface area contributed by atoms with Crippen molar-refractivity contribution in [2.75, 3.05) is 19.6 Å². The number of piperidine rings is 1. The molecule has 0 spiro atoms. The molecule has 0 amide bonds. The first-order valence-electron chi connectivity index (χ1n) is 6.31. The summed E-state index contributed by atoms with van der Waals surface area (Å²) in [5, 5.41) is 9.52. The molecule has 1 fully saturated rings. The van der Waals surface area contributed by atoms with Gasteiger partial charge >= 0.3 is 0 Å². The van der Waals surface area contributed by atoms with Gasteiger partial charge in [-0.2, -0.15) is 0 Å². The molecule has 0 radical (unpaired) electrons. The van der Waals surface area contributed by atoms with Crippen LogP contribution in [0.3, 0.4) is 0 Å². The fourth-order valence-electron chi connectivity index (χ4n) is 2.60. The van der Waals surface area contributed by atoms with E-state index in [-0.39, 0.29) is 6.10 Å². The van der Waals surface area contributed by atoms with Crippen molar-refractivity contribution in [1.29, 1.82) is 0 Å². The molecule has 3 heteroatoms. The Kier molecular flexibility index (Phi) is 5.58. The molecule has 15 heavy (non-hydrogen) atoms. The van der Waals surface area contributed by atoms with Gasteiger partial charge in [0.2, 0.25) is 0 Å². The number of nitrogens with two attached hydrogens (primary N) is 1. The summed E-state index contributed by atoms with van der Waals surface area (Å²) in [6, 6.07) is 0.657. The van der Waals surface area contributed by atoms with Crippen molar-refractivity contribution in [3.8, 4) is 0 Å². The number of hydrogen-bond donors (Lipinski definition) is 2. The highest BCUT2D eigenvalue weighted by Gasteiger charge is 2.25. The SMILES string of the molecule is CCC(CCN)N1CCC(C(C)O)CC1. The Morgan fingerprint density at radius 2 is 2.00 bits per heavy atom. The van der Waals surface area contributed by atoms with Gasteiger partial charge in [0, 0.05) is 6.04 Å². The summed E-state index contributed by atoms with van der Waals surface area (Å²) < 4.78 is 0. The van der Waals surface area contributed by atoms with E-state index in [4.69, 9.17) is 5.73 Å². The van der Waals surface area contributed by atoms with Crippen LogP contribution in [0.2, 0.25) is 0 Å². The van der Waals surface area contributed by atoms with Crippen LogP contribution in [-0.4, -0.2) is 41.8 Å². The zero-order valence-corrected chi connectivity index (χ0v) is 10.2. The lowest BCUT2D eigenvalue weighted by Gasteiger charge is -2.38. The highest BCUT2D eigenvalue weighted by Crippen LogP contribution is 2.23. The highest BCUT2D eigenvalue weighted by atomic mass is 16.3. The molecule has 0 aromatic carbocycles. The molecule has 0 aromatic rings. The average molecular weight is 214 g/mol. The molecule has 2 unspecified atom stereocenters. The average Bonchev–Trinajstić information content (AvgIpc) is 2.26. The van der Waals surface area contributed by atoms with Gasteiger partial charge in [-0.05, 0) is 58.2 Å². The lowest BCUT2D eigenvalue weighted by Crippen LogP contribution is -2.43. The number of nitrogens with zero attached hydrogens (tertiary/aromatic N) is 1. The summed E-state index contributed by atoms with van der Waals surface area (Å²) in [6.45, 7) is 7.20. The topological polar surface area (TPSA) is 49.5 Å². The Bertz CT molecular complexity index is 165. The van der Waals surface area contributed by atoms with Gasteiger partial charge < -0.3 is 15.7 Å². The fourth-order valence-corrected chi connectivity index (χ4v) is 2.60. The van der Waals surface area contributed by atoms with Gasteiger partial charge in [0.25, 0.3) is 0 Å². The van der Waals surface area contributed by atoms with Crippen LogP contribution in [0.1, 0.15) is 39.5 Å². The van der Waals surface area contributed by atoms with E-state index in [2.05, 4.69) is 11.8 Å². The van der Waals surface area contributed by atoms with E-state index < -0.39 is 0 Å². The molecule has 1 aliphatic rings. The first-order valence-corrected chi connectivity index (χ1v) is 6.31. The predicted octanol–water partition coefficient (Wildman–Crippen LogP) is 1.21. The second-order valence-electron chi connectivity index (χ2n) is 4.75. The first kappa shape index (κ1) is 12.9. The molecule has 3 nitrogen and oxygen atoms in total. The van der Waals surface area contributed by atoms with Crippen LogP contribution in [0.4, 0.5) is 0 Å². The maximum absolute atomic E-state index is 9.52. The Labute approximate surface area is 93.6 Å². The van der Waals surface area contributed by atoms with Crippen molar-refractivity contribution < 1.29 is 5.11 Å². The van der Waals surface area contributed by atoms with Crippen molar-refractivity contribution >= 4 is 0 Å². The molecular formula is C12H26N2O. The third-order valence-electron chi connectivity index (χ3n) is 3.74. The molecule has 90 valence electrons. The number of likely N-dealkylation sites (tertiary alicyclic amines) is 1. The van der Waals surface area contributed by atoms with E-state index in [9.17, 15) is 5.11 Å². The van der Waals surface area contributed by atoms with E-state index in [1.807, 2.05) is 6.92 Å². The van der Waals surface area contributed by atoms with Gasteiger partial charge in [0.05, 0.1) is 6.10 Å². The Morgan fingerprint density at radius 3 is 2.40 bits per heavy atom. The van der Waals surface area contributed by atoms with Gasteiger partial charge in [-0.25, -0.2) is 0 Å². The van der Waals surface area contributed by atoms with E-state index >= 15 is 0 Å². The third-order valence-corrected chi connectivity index (χ3v) is 3.74. The monoisotopic (exact) mass is 214 g/mol. The van der Waals surface area contributed by atoms with Gasteiger partial charge in [0.15, 0.2) is 0 Å². The van der Waals surface area contributed by atoms with E-state index in [1.165, 1.54) is 6.42 Å². The van der Waals surface area contributed by atoms with Crippen LogP contribution in [0.15, 0.2) is 0 Å². The van der Waals surface area contributed by atoms with Gasteiger partial charge in [0.1, 0.15) is 0 Å². The molecule has 1 saturated heterocycles. The standard InChI is InChI=1S/C12H26N2O/c1-3-12(4-7-13)14-8-5-11(6-9-14)10(2)15/h10-12,15H,3-9,13H2,1-2H3. The molecular weight excluding hydrogens is 188 g/mol. The smallest absolute Gasteiger partial charge is 0.0541 e. The first-order chi connectivity index (χ1) is 7.19. The summed E-state index contributed by atoms with van der Waals surface area (Å²) in [6.07, 6.45) is 4.44. The van der Waals surface area contributed by atoms with Crippen molar-refractivity contribution in [2.24, 2.45) is 11.7 Å². The molecule has 0 aromatic heterocycles. The van der Waals surface area contributed by atoms with Crippen LogP contribution in [0.5, 0.6) is 0 Å². The van der Waals surface area contributed by atoms with Crippen LogP contribution < -0.4 is 5.73 Å². The third kappa shape index (κ3) is 3.74. The Morgan fingerprint density at radius 1 is 1.40 bits per heavy atom. The van der Waals surface area contributed by atoms with Crippen LogP contribution in [-0.2, 0) is 0 Å². The molecule has 1 rings (SSSR count). The predicted molar refractivity (Wildman–Crippen MR) is 63.7 cm³/mol. The summed E-state index contributed by atoms with van der Waals surface area (Å²) in [5.41, 5.74) is 5.62. The zero-order chi connectivity index (χ0) is 11.3. The number of aliphatic hydroxyl groups excluding tert-OH is 1. The lowest BCUT2D eigenvalue weighted by atomic mass is 9.91. The highest BCUT2D eigenvalue weighted by molar-refractivity contribution is 4.79. The number of rotatable bonds is 5. The molecule has 1 aliphatic heterocycles. The number of aliphatic hydroxyl groups is 1. The van der Waals surface area contributed by atoms with E-state index in [1.54, 1.807) is 0 Å². The summed E-state index contributed by atoms with van der Waals surface area (Å²) >= 11 is 0. The van der Waals surface area contributed by atoms with E-state index in [0.29, 0.717) is 12.0 Å². The summed E-state index contributed by atoms with van der Waals surface area (Å²) in [5.74, 6) is 0.511. The van der Waals surface area contributed by atoms with Gasteiger partial charge in [-0.3, -0.25) is 0 Å². The molecule has 1 heterocycles. The Balaban J connectivity index is 2.35. The maximum Gasteiger partial charge on any atom is 0.0541 e. The van der Waals surface area contributed by atoms with Gasteiger partial charge in [-0.15, -0.1) is 0 Å². The van der Waals surface area contributed by atoms with Crippen molar-refractivity contribution in [2.45, 2.75) is 51.7 Å². The Hall–Kier alpha value is -0.120. The largest absolute Gasteiger partial charge is 0.393 e. The van der Waals surface area contributed by atoms with Gasteiger partial charge in [-0.1, -0.05) is 6.92 Å². The summed E-state index contributed by atoms with van der Waals surface area (Å²) in [7, 11) is 0. The molecule has 0 aliphatic carbocycles. The second kappa shape index (κ2) is 6.46. The normalized spacial score (nSPS) is 24.0. The molecule has 0 saturated carbocycles. The minimum absolute atomic E-state index is 0.137. The van der Waals surface area contributed by atoms with Crippen LogP contribution >= 0.6 is 0 Å². The van der Waals surface area contributed by atoms with Crippen LogP contribution in [0.25, 0.3) is 0 Å². The maximum atomic E-state index is 9.52. The lowest BCUT2D eigenvalue weighted by molar-refractivity contribution is 0.0535. The second-order valence-corrected chi connectivity index (χ2v) is 4.75. The van der Waals surface area contributed by atoms with Crippen LogP contribution in [0, 0.1) is 5.92 Å². The minimum Gasteiger partial charge on any atom is -0.393 e. The molecule has 0 bridgehead atoms. The van der Waals surface area contributed by atoms with E-state index in [0.717, 1.165) is 38.9 Å². The summed E-state index contributed by atoms with van der Waals surface area (Å²) in [4.78, 5) is 2.55. The van der Waals surface area contributed by atoms with Crippen molar-refractivity contribution in [1.82, 2.24) is 4.90 Å². The fraction of sp³-hybridized carbons (Fsp3) is 1.00. The minimum atomic E-state index is -0.137. The number of hydrogen-bond acceptors (Lipinski definition) is 3. The molecule has 2 atom stereocenters. The van der Waals surface area contributed by atoms with Crippen molar-refractivity contribution in [3.63, 3.8) is 0 Å². The zero-order valence-electron chi connectivity index (χ0n) is 10.2. The van der Waals surface area contributed by atoms with Crippen molar-refractivity contribution in [3.05, 3.63) is 0 Å². The molecule has 3 N–H and O–H groups in total.